The molecule has 2 saturated heterocycles. The van der Waals surface area contributed by atoms with E-state index in [2.05, 4.69) is 56.4 Å². The smallest absolute Gasteiger partial charge is 0.193 e. The molecule has 0 saturated carbocycles. The van der Waals surface area contributed by atoms with Gasteiger partial charge in [0.1, 0.15) is 0 Å². The number of nitrogens with one attached hydrogen (secondary N) is 1. The predicted molar refractivity (Wildman–Crippen MR) is 121 cm³/mol. The maximum absolute atomic E-state index is 5.55. The van der Waals surface area contributed by atoms with Gasteiger partial charge in [0, 0.05) is 58.4 Å². The standard InChI is InChI=1S/C18H31N5OS.HI/c1-15(23-10-11-24-14-16(23)2)13-20-18(19-3)22-8-6-21(7-9-22)17-5-4-12-25-17;/h4-5,12,15-16H,6-11,13-14H2,1-3H3,(H,19,20);1H. The van der Waals surface area contributed by atoms with Crippen LogP contribution >= 0.6 is 35.3 Å². The fourth-order valence-electron chi connectivity index (χ4n) is 3.67. The zero-order chi connectivity index (χ0) is 17.6. The number of hydrogen-bond donors (Lipinski definition) is 1. The molecule has 3 rings (SSSR count). The first kappa shape index (κ1) is 21.7. The third-order valence-electron chi connectivity index (χ3n) is 5.15. The average molecular weight is 493 g/mol. The number of morpholine rings is 1. The van der Waals surface area contributed by atoms with Gasteiger partial charge in [0.15, 0.2) is 5.96 Å². The maximum Gasteiger partial charge on any atom is 0.193 e. The van der Waals surface area contributed by atoms with E-state index >= 15 is 0 Å². The number of nitrogens with zero attached hydrogens (tertiary/aromatic N) is 4. The van der Waals surface area contributed by atoms with E-state index in [9.17, 15) is 0 Å². The van der Waals surface area contributed by atoms with E-state index in [-0.39, 0.29) is 24.0 Å². The van der Waals surface area contributed by atoms with Gasteiger partial charge in [-0.25, -0.2) is 0 Å². The molecule has 2 atom stereocenters. The molecule has 0 aliphatic carbocycles. The number of ether oxygens (including phenoxy) is 1. The number of hydrogen-bond acceptors (Lipinski definition) is 5. The number of thiophene rings is 1. The van der Waals surface area contributed by atoms with E-state index in [1.54, 1.807) is 0 Å². The van der Waals surface area contributed by atoms with Crippen molar-refractivity contribution in [3.8, 4) is 0 Å². The molecule has 0 spiro atoms. The van der Waals surface area contributed by atoms with Gasteiger partial charge in [0.05, 0.1) is 18.2 Å². The Kier molecular flexibility index (Phi) is 8.92. The molecular formula is C18H32IN5OS. The van der Waals surface area contributed by atoms with Gasteiger partial charge >= 0.3 is 0 Å². The monoisotopic (exact) mass is 493 g/mol. The molecule has 1 N–H and O–H groups in total. The summed E-state index contributed by atoms with van der Waals surface area (Å²) < 4.78 is 5.55. The summed E-state index contributed by atoms with van der Waals surface area (Å²) in [4.78, 5) is 11.9. The Morgan fingerprint density at radius 3 is 2.73 bits per heavy atom. The first-order chi connectivity index (χ1) is 12.2. The van der Waals surface area contributed by atoms with Crippen molar-refractivity contribution in [3.05, 3.63) is 17.5 Å². The van der Waals surface area contributed by atoms with E-state index in [0.717, 1.165) is 58.4 Å². The Bertz CT molecular complexity index is 548. The van der Waals surface area contributed by atoms with Crippen LogP contribution in [-0.2, 0) is 4.74 Å². The molecule has 3 heterocycles. The highest BCUT2D eigenvalue weighted by Gasteiger charge is 2.25. The summed E-state index contributed by atoms with van der Waals surface area (Å²) in [6, 6.07) is 5.30. The second-order valence-corrected chi connectivity index (χ2v) is 7.79. The highest BCUT2D eigenvalue weighted by Crippen LogP contribution is 2.22. The molecule has 0 aromatic carbocycles. The molecular weight excluding hydrogens is 461 g/mol. The summed E-state index contributed by atoms with van der Waals surface area (Å²) >= 11 is 1.82. The second kappa shape index (κ2) is 10.7. The first-order valence-electron chi connectivity index (χ1n) is 9.26. The third-order valence-corrected chi connectivity index (χ3v) is 6.08. The van der Waals surface area contributed by atoms with Gasteiger partial charge in [-0.05, 0) is 31.4 Å². The molecule has 8 heteroatoms. The van der Waals surface area contributed by atoms with E-state index < -0.39 is 0 Å². The van der Waals surface area contributed by atoms with Crippen LogP contribution in [0.2, 0.25) is 0 Å². The number of guanidine groups is 1. The molecule has 2 aliphatic heterocycles. The fourth-order valence-corrected chi connectivity index (χ4v) is 4.46. The summed E-state index contributed by atoms with van der Waals surface area (Å²) in [5.41, 5.74) is 0. The van der Waals surface area contributed by atoms with Crippen molar-refractivity contribution >= 4 is 46.3 Å². The Hall–Kier alpha value is -0.580. The van der Waals surface area contributed by atoms with Crippen LogP contribution in [-0.4, -0.2) is 87.4 Å². The van der Waals surface area contributed by atoms with Crippen LogP contribution in [0, 0.1) is 0 Å². The van der Waals surface area contributed by atoms with E-state index in [1.807, 2.05) is 18.4 Å². The number of anilines is 1. The zero-order valence-electron chi connectivity index (χ0n) is 16.1. The van der Waals surface area contributed by atoms with Crippen molar-refractivity contribution in [1.29, 1.82) is 0 Å². The quantitative estimate of drug-likeness (QED) is 0.396. The molecule has 0 bridgehead atoms. The number of halogens is 1. The van der Waals surface area contributed by atoms with Crippen LogP contribution < -0.4 is 10.2 Å². The van der Waals surface area contributed by atoms with Crippen LogP contribution in [0.15, 0.2) is 22.5 Å². The van der Waals surface area contributed by atoms with Gasteiger partial charge in [-0.15, -0.1) is 35.3 Å². The molecule has 148 valence electrons. The Labute approximate surface area is 178 Å². The molecule has 26 heavy (non-hydrogen) atoms. The lowest BCUT2D eigenvalue weighted by molar-refractivity contribution is -0.0175. The highest BCUT2D eigenvalue weighted by atomic mass is 127. The minimum atomic E-state index is 0. The fraction of sp³-hybridized carbons (Fsp3) is 0.722. The van der Waals surface area contributed by atoms with E-state index in [4.69, 9.17) is 4.74 Å². The largest absolute Gasteiger partial charge is 0.379 e. The van der Waals surface area contributed by atoms with Crippen LogP contribution in [0.3, 0.4) is 0 Å². The van der Waals surface area contributed by atoms with E-state index in [1.165, 1.54) is 5.00 Å². The molecule has 1 aromatic rings. The van der Waals surface area contributed by atoms with Crippen molar-refractivity contribution in [2.45, 2.75) is 25.9 Å². The van der Waals surface area contributed by atoms with Crippen molar-refractivity contribution in [2.24, 2.45) is 4.99 Å². The van der Waals surface area contributed by atoms with Gasteiger partial charge < -0.3 is 19.9 Å². The van der Waals surface area contributed by atoms with Crippen molar-refractivity contribution in [2.75, 3.05) is 64.4 Å². The summed E-state index contributed by atoms with van der Waals surface area (Å²) in [5, 5.41) is 7.11. The summed E-state index contributed by atoms with van der Waals surface area (Å²) in [5.74, 6) is 1.03. The molecule has 0 radical (unpaired) electrons. The Morgan fingerprint density at radius 1 is 1.35 bits per heavy atom. The Morgan fingerprint density at radius 2 is 2.12 bits per heavy atom. The normalized spacial score (nSPS) is 23.5. The van der Waals surface area contributed by atoms with Crippen molar-refractivity contribution in [3.63, 3.8) is 0 Å². The topological polar surface area (TPSA) is 43.3 Å². The van der Waals surface area contributed by atoms with E-state index in [0.29, 0.717) is 12.1 Å². The molecule has 0 amide bonds. The van der Waals surface area contributed by atoms with Crippen molar-refractivity contribution < 1.29 is 4.74 Å². The zero-order valence-corrected chi connectivity index (χ0v) is 19.2. The minimum absolute atomic E-state index is 0. The first-order valence-corrected chi connectivity index (χ1v) is 10.1. The summed E-state index contributed by atoms with van der Waals surface area (Å²) in [6.45, 7) is 12.3. The number of aliphatic imine (C=N–C) groups is 1. The SMILES string of the molecule is CN=C(NCC(C)N1CCOCC1C)N1CCN(c2cccs2)CC1.I. The Balaban J connectivity index is 0.00000243. The van der Waals surface area contributed by atoms with Crippen LogP contribution in [0.25, 0.3) is 0 Å². The van der Waals surface area contributed by atoms with Gasteiger partial charge in [-0.3, -0.25) is 9.89 Å². The summed E-state index contributed by atoms with van der Waals surface area (Å²) in [6.07, 6.45) is 0. The number of piperazine rings is 1. The van der Waals surface area contributed by atoms with Gasteiger partial charge in [-0.1, -0.05) is 0 Å². The molecule has 2 unspecified atom stereocenters. The van der Waals surface area contributed by atoms with Crippen molar-refractivity contribution in [1.82, 2.24) is 15.1 Å². The van der Waals surface area contributed by atoms with Gasteiger partial charge in [-0.2, -0.15) is 0 Å². The molecule has 6 nitrogen and oxygen atoms in total. The average Bonchev–Trinajstić information content (AvgIpc) is 3.17. The lowest BCUT2D eigenvalue weighted by Crippen LogP contribution is -2.56. The molecule has 2 fully saturated rings. The minimum Gasteiger partial charge on any atom is -0.379 e. The highest BCUT2D eigenvalue weighted by molar-refractivity contribution is 14.0. The lowest BCUT2D eigenvalue weighted by Gasteiger charge is -2.39. The molecule has 1 aromatic heterocycles. The maximum atomic E-state index is 5.55. The number of rotatable bonds is 4. The van der Waals surface area contributed by atoms with Crippen LogP contribution in [0.1, 0.15) is 13.8 Å². The van der Waals surface area contributed by atoms with Crippen LogP contribution in [0.5, 0.6) is 0 Å². The van der Waals surface area contributed by atoms with Gasteiger partial charge in [0.25, 0.3) is 0 Å². The summed E-state index contributed by atoms with van der Waals surface area (Å²) in [7, 11) is 1.88. The lowest BCUT2D eigenvalue weighted by atomic mass is 10.2. The van der Waals surface area contributed by atoms with Gasteiger partial charge in [0.2, 0.25) is 0 Å². The second-order valence-electron chi connectivity index (χ2n) is 6.86. The molecule has 2 aliphatic rings. The third kappa shape index (κ3) is 5.46. The van der Waals surface area contributed by atoms with Crippen LogP contribution in [0.4, 0.5) is 5.00 Å². The predicted octanol–water partition coefficient (Wildman–Crippen LogP) is 2.17.